The zero-order chi connectivity index (χ0) is 13.8. The fraction of sp³-hybridized carbons (Fsp3) is 0.429. The first-order chi connectivity index (χ1) is 9.11. The largest absolute Gasteiger partial charge is 0.326 e. The van der Waals surface area contributed by atoms with E-state index < -0.39 is 0 Å². The topological polar surface area (TPSA) is 61.4 Å². The summed E-state index contributed by atoms with van der Waals surface area (Å²) in [6.07, 6.45) is 1.23. The number of hydrogen-bond donors (Lipinski definition) is 2. The highest BCUT2D eigenvalue weighted by atomic mass is 16.2. The Morgan fingerprint density at radius 1 is 1.42 bits per heavy atom. The van der Waals surface area contributed by atoms with Crippen LogP contribution in [0.2, 0.25) is 0 Å². The summed E-state index contributed by atoms with van der Waals surface area (Å²) in [5, 5.41) is 5.85. The Hall–Kier alpha value is -1.88. The first kappa shape index (κ1) is 13.5. The number of aryl methyl sites for hydroxylation is 1. The first-order valence-corrected chi connectivity index (χ1v) is 6.52. The molecule has 0 aromatic heterocycles. The molecule has 2 amide bonds. The first-order valence-electron chi connectivity index (χ1n) is 6.52. The monoisotopic (exact) mass is 261 g/mol. The van der Waals surface area contributed by atoms with Crippen molar-refractivity contribution in [1.82, 2.24) is 5.32 Å². The van der Waals surface area contributed by atoms with Crippen molar-refractivity contribution in [2.75, 3.05) is 30.4 Å². The lowest BCUT2D eigenvalue weighted by Gasteiger charge is -2.22. The number of likely N-dealkylation sites (N-methyl/N-ethyl adjacent to an activating group) is 2. The van der Waals surface area contributed by atoms with Crippen molar-refractivity contribution in [2.24, 2.45) is 0 Å². The summed E-state index contributed by atoms with van der Waals surface area (Å²) in [6.45, 7) is 3.07. The molecule has 0 saturated heterocycles. The molecule has 5 heteroatoms. The Bertz CT molecular complexity index is 499. The molecule has 0 saturated carbocycles. The van der Waals surface area contributed by atoms with E-state index in [1.807, 2.05) is 25.1 Å². The van der Waals surface area contributed by atoms with Crippen molar-refractivity contribution >= 4 is 23.2 Å². The zero-order valence-corrected chi connectivity index (χ0v) is 11.3. The van der Waals surface area contributed by atoms with Crippen molar-refractivity contribution in [1.29, 1.82) is 0 Å². The molecule has 19 heavy (non-hydrogen) atoms. The number of carbonyl (C=O) groups excluding carboxylic acids is 2. The van der Waals surface area contributed by atoms with Crippen LogP contribution in [0.3, 0.4) is 0 Å². The van der Waals surface area contributed by atoms with Crippen LogP contribution in [0.25, 0.3) is 0 Å². The summed E-state index contributed by atoms with van der Waals surface area (Å²) in [7, 11) is 1.77. The molecule has 0 unspecified atom stereocenters. The number of rotatable bonds is 4. The normalized spacial score (nSPS) is 13.7. The molecule has 1 aliphatic rings. The average Bonchev–Trinajstić information content (AvgIpc) is 2.43. The Labute approximate surface area is 113 Å². The number of benzene rings is 1. The van der Waals surface area contributed by atoms with E-state index >= 15 is 0 Å². The lowest BCUT2D eigenvalue weighted by atomic mass is 10.0. The fourth-order valence-corrected chi connectivity index (χ4v) is 2.07. The maximum absolute atomic E-state index is 11.9. The van der Waals surface area contributed by atoms with Crippen molar-refractivity contribution in [2.45, 2.75) is 19.8 Å². The van der Waals surface area contributed by atoms with E-state index in [-0.39, 0.29) is 11.8 Å². The van der Waals surface area contributed by atoms with Crippen LogP contribution in [-0.4, -0.2) is 32.0 Å². The second-order valence-corrected chi connectivity index (χ2v) is 4.62. The standard InChI is InChI=1S/C14H19N3O2/c1-3-15-9-14(19)17(2)11-5-6-12-10(8-11)4-7-13(18)16-12/h5-6,8,15H,3-4,7,9H2,1-2H3,(H,16,18). The summed E-state index contributed by atoms with van der Waals surface area (Å²) in [6, 6.07) is 5.69. The predicted octanol–water partition coefficient (Wildman–Crippen LogP) is 1.14. The van der Waals surface area contributed by atoms with E-state index in [0.29, 0.717) is 13.0 Å². The van der Waals surface area contributed by atoms with Gasteiger partial charge in [-0.3, -0.25) is 9.59 Å². The third kappa shape index (κ3) is 3.12. The van der Waals surface area contributed by atoms with Gasteiger partial charge >= 0.3 is 0 Å². The molecule has 0 spiro atoms. The molecular weight excluding hydrogens is 242 g/mol. The van der Waals surface area contributed by atoms with Gasteiger partial charge in [-0.25, -0.2) is 0 Å². The molecule has 0 aliphatic carbocycles. The van der Waals surface area contributed by atoms with Crippen LogP contribution in [0.5, 0.6) is 0 Å². The fourth-order valence-electron chi connectivity index (χ4n) is 2.07. The molecule has 1 aromatic carbocycles. The summed E-state index contributed by atoms with van der Waals surface area (Å²) in [5.41, 5.74) is 2.80. The van der Waals surface area contributed by atoms with E-state index in [1.54, 1.807) is 11.9 Å². The van der Waals surface area contributed by atoms with Gasteiger partial charge in [0.15, 0.2) is 0 Å². The van der Waals surface area contributed by atoms with Gasteiger partial charge < -0.3 is 15.5 Å². The number of fused-ring (bicyclic) bond motifs is 1. The van der Waals surface area contributed by atoms with Gasteiger partial charge in [0.25, 0.3) is 0 Å². The third-order valence-corrected chi connectivity index (χ3v) is 3.27. The lowest BCUT2D eigenvalue weighted by Crippen LogP contribution is -2.35. The highest BCUT2D eigenvalue weighted by molar-refractivity contribution is 5.97. The molecule has 2 rings (SSSR count). The molecule has 1 aromatic rings. The minimum atomic E-state index is 0.0293. The number of amides is 2. The van der Waals surface area contributed by atoms with E-state index in [0.717, 1.165) is 29.9 Å². The molecule has 102 valence electrons. The van der Waals surface area contributed by atoms with Crippen LogP contribution in [0.4, 0.5) is 11.4 Å². The van der Waals surface area contributed by atoms with Gasteiger partial charge in [0.2, 0.25) is 11.8 Å². The van der Waals surface area contributed by atoms with Crippen LogP contribution in [-0.2, 0) is 16.0 Å². The van der Waals surface area contributed by atoms with Gasteiger partial charge in [0, 0.05) is 24.8 Å². The summed E-state index contributed by atoms with van der Waals surface area (Å²) in [5.74, 6) is 0.0819. The van der Waals surface area contributed by atoms with E-state index in [9.17, 15) is 9.59 Å². The van der Waals surface area contributed by atoms with Crippen LogP contribution in [0.1, 0.15) is 18.9 Å². The Kier molecular flexibility index (Phi) is 4.16. The number of nitrogens with zero attached hydrogens (tertiary/aromatic N) is 1. The molecule has 5 nitrogen and oxygen atoms in total. The summed E-state index contributed by atoms with van der Waals surface area (Å²) < 4.78 is 0. The quantitative estimate of drug-likeness (QED) is 0.854. The smallest absolute Gasteiger partial charge is 0.240 e. The minimum Gasteiger partial charge on any atom is -0.326 e. The Balaban J connectivity index is 2.13. The molecule has 0 radical (unpaired) electrons. The molecule has 1 heterocycles. The number of carbonyl (C=O) groups is 2. The van der Waals surface area contributed by atoms with E-state index in [1.165, 1.54) is 0 Å². The minimum absolute atomic E-state index is 0.0293. The molecule has 0 bridgehead atoms. The lowest BCUT2D eigenvalue weighted by molar-refractivity contribution is -0.118. The number of hydrogen-bond acceptors (Lipinski definition) is 3. The summed E-state index contributed by atoms with van der Waals surface area (Å²) in [4.78, 5) is 24.8. The Morgan fingerprint density at radius 3 is 2.95 bits per heavy atom. The third-order valence-electron chi connectivity index (χ3n) is 3.27. The maximum atomic E-state index is 11.9. The molecule has 0 atom stereocenters. The molecule has 2 N–H and O–H groups in total. The second-order valence-electron chi connectivity index (χ2n) is 4.62. The van der Waals surface area contributed by atoms with Crippen molar-refractivity contribution in [3.05, 3.63) is 23.8 Å². The Morgan fingerprint density at radius 2 is 2.21 bits per heavy atom. The maximum Gasteiger partial charge on any atom is 0.240 e. The number of anilines is 2. The van der Waals surface area contributed by atoms with Gasteiger partial charge in [0.1, 0.15) is 0 Å². The average molecular weight is 261 g/mol. The highest BCUT2D eigenvalue weighted by Gasteiger charge is 2.17. The van der Waals surface area contributed by atoms with Crippen LogP contribution in [0, 0.1) is 0 Å². The van der Waals surface area contributed by atoms with Crippen LogP contribution < -0.4 is 15.5 Å². The predicted molar refractivity (Wildman–Crippen MR) is 75.3 cm³/mol. The number of nitrogens with one attached hydrogen (secondary N) is 2. The highest BCUT2D eigenvalue weighted by Crippen LogP contribution is 2.27. The van der Waals surface area contributed by atoms with Gasteiger partial charge in [0.05, 0.1) is 6.54 Å². The van der Waals surface area contributed by atoms with E-state index in [2.05, 4.69) is 10.6 Å². The summed E-state index contributed by atoms with van der Waals surface area (Å²) >= 11 is 0. The van der Waals surface area contributed by atoms with Gasteiger partial charge in [-0.05, 0) is 36.7 Å². The molecular formula is C14H19N3O2. The second kappa shape index (κ2) is 5.84. The van der Waals surface area contributed by atoms with Gasteiger partial charge in [-0.2, -0.15) is 0 Å². The zero-order valence-electron chi connectivity index (χ0n) is 11.3. The van der Waals surface area contributed by atoms with Crippen LogP contribution in [0.15, 0.2) is 18.2 Å². The van der Waals surface area contributed by atoms with E-state index in [4.69, 9.17) is 0 Å². The van der Waals surface area contributed by atoms with Crippen molar-refractivity contribution in [3.63, 3.8) is 0 Å². The van der Waals surface area contributed by atoms with Gasteiger partial charge in [-0.15, -0.1) is 0 Å². The molecule has 1 aliphatic heterocycles. The SMILES string of the molecule is CCNCC(=O)N(C)c1ccc2c(c1)CCC(=O)N2. The van der Waals surface area contributed by atoms with Crippen LogP contribution >= 0.6 is 0 Å². The van der Waals surface area contributed by atoms with Crippen molar-refractivity contribution < 1.29 is 9.59 Å². The van der Waals surface area contributed by atoms with Gasteiger partial charge in [-0.1, -0.05) is 6.92 Å². The molecule has 0 fully saturated rings. The van der Waals surface area contributed by atoms with Crippen molar-refractivity contribution in [3.8, 4) is 0 Å².